The number of aromatic amines is 1. The maximum absolute atomic E-state index is 11.4. The molecule has 1 aromatic heterocycles. The minimum absolute atomic E-state index is 0.164. The Bertz CT molecular complexity index is 277. The van der Waals surface area contributed by atoms with Gasteiger partial charge in [-0.05, 0) is 13.0 Å². The number of carbonyl (C=O) groups excluding carboxylic acids is 1. The molecule has 1 fully saturated rings. The number of amides is 1. The molecule has 0 aliphatic carbocycles. The van der Waals surface area contributed by atoms with Crippen LogP contribution in [-0.4, -0.2) is 40.4 Å². The van der Waals surface area contributed by atoms with Crippen LogP contribution in [0.5, 0.6) is 0 Å². The zero-order chi connectivity index (χ0) is 9.10. The summed E-state index contributed by atoms with van der Waals surface area (Å²) in [5.74, 6) is -0.164. The van der Waals surface area contributed by atoms with Crippen LogP contribution in [0.1, 0.15) is 16.9 Å². The van der Waals surface area contributed by atoms with E-state index in [-0.39, 0.29) is 11.9 Å². The maximum atomic E-state index is 11.4. The zero-order valence-corrected chi connectivity index (χ0v) is 7.08. The minimum atomic E-state index is -0.164. The summed E-state index contributed by atoms with van der Waals surface area (Å²) in [4.78, 5) is 11.4. The lowest BCUT2D eigenvalue weighted by Gasteiger charge is -2.08. The average molecular weight is 181 g/mol. The van der Waals surface area contributed by atoms with Crippen LogP contribution in [0, 0.1) is 0 Å². The third-order valence-electron chi connectivity index (χ3n) is 2.04. The first-order valence-electron chi connectivity index (χ1n) is 4.23. The highest BCUT2D eigenvalue weighted by molar-refractivity contribution is 5.92. The number of aromatic nitrogens is 3. The number of hydrogen-bond donors (Lipinski definition) is 3. The van der Waals surface area contributed by atoms with Gasteiger partial charge >= 0.3 is 0 Å². The summed E-state index contributed by atoms with van der Waals surface area (Å²) in [7, 11) is 0. The number of rotatable bonds is 2. The number of H-pyrrole nitrogens is 1. The molecule has 6 nitrogen and oxygen atoms in total. The van der Waals surface area contributed by atoms with Crippen molar-refractivity contribution in [3.05, 3.63) is 11.9 Å². The molecule has 1 saturated heterocycles. The van der Waals surface area contributed by atoms with E-state index in [1.54, 1.807) is 0 Å². The largest absolute Gasteiger partial charge is 0.347 e. The summed E-state index contributed by atoms with van der Waals surface area (Å²) < 4.78 is 0. The first kappa shape index (κ1) is 8.18. The number of nitrogens with one attached hydrogen (secondary N) is 3. The fraction of sp³-hybridized carbons (Fsp3) is 0.571. The number of carbonyl (C=O) groups is 1. The van der Waals surface area contributed by atoms with Gasteiger partial charge in [0, 0.05) is 12.6 Å². The van der Waals surface area contributed by atoms with Gasteiger partial charge in [0.15, 0.2) is 5.69 Å². The minimum Gasteiger partial charge on any atom is -0.347 e. The third-order valence-corrected chi connectivity index (χ3v) is 2.04. The highest BCUT2D eigenvalue weighted by Gasteiger charge is 2.18. The van der Waals surface area contributed by atoms with E-state index in [9.17, 15) is 4.79 Å². The van der Waals surface area contributed by atoms with Gasteiger partial charge in [-0.25, -0.2) is 0 Å². The van der Waals surface area contributed by atoms with Crippen molar-refractivity contribution >= 4 is 5.91 Å². The Balaban J connectivity index is 1.91. The van der Waals surface area contributed by atoms with Gasteiger partial charge in [-0.1, -0.05) is 0 Å². The van der Waals surface area contributed by atoms with E-state index in [4.69, 9.17) is 0 Å². The molecule has 0 radical (unpaired) electrons. The molecule has 70 valence electrons. The predicted octanol–water partition coefficient (Wildman–Crippen LogP) is -1.10. The van der Waals surface area contributed by atoms with Gasteiger partial charge in [0.2, 0.25) is 0 Å². The number of nitrogens with zero attached hydrogens (tertiary/aromatic N) is 2. The second kappa shape index (κ2) is 3.53. The van der Waals surface area contributed by atoms with Gasteiger partial charge in [-0.15, -0.1) is 0 Å². The molecule has 3 N–H and O–H groups in total. The van der Waals surface area contributed by atoms with Crippen LogP contribution in [0.15, 0.2) is 6.20 Å². The van der Waals surface area contributed by atoms with E-state index >= 15 is 0 Å². The molecule has 0 bridgehead atoms. The van der Waals surface area contributed by atoms with Crippen molar-refractivity contribution in [2.75, 3.05) is 13.1 Å². The lowest BCUT2D eigenvalue weighted by molar-refractivity contribution is 0.0935. The fourth-order valence-electron chi connectivity index (χ4n) is 1.35. The molecule has 13 heavy (non-hydrogen) atoms. The predicted molar refractivity (Wildman–Crippen MR) is 45.1 cm³/mol. The summed E-state index contributed by atoms with van der Waals surface area (Å²) >= 11 is 0. The summed E-state index contributed by atoms with van der Waals surface area (Å²) in [5, 5.41) is 15.7. The molecule has 1 atom stereocenters. The van der Waals surface area contributed by atoms with E-state index in [2.05, 4.69) is 26.0 Å². The van der Waals surface area contributed by atoms with E-state index in [1.165, 1.54) is 6.20 Å². The van der Waals surface area contributed by atoms with Crippen LogP contribution in [0.3, 0.4) is 0 Å². The van der Waals surface area contributed by atoms with Gasteiger partial charge in [0.25, 0.3) is 5.91 Å². The molecule has 2 rings (SSSR count). The van der Waals surface area contributed by atoms with Crippen molar-refractivity contribution in [2.24, 2.45) is 0 Å². The SMILES string of the molecule is O=C(N[C@@H]1CCNC1)c1cn[nH]n1. The lowest BCUT2D eigenvalue weighted by Crippen LogP contribution is -2.36. The topological polar surface area (TPSA) is 82.7 Å². The summed E-state index contributed by atoms with van der Waals surface area (Å²) in [6, 6.07) is 0.226. The van der Waals surface area contributed by atoms with Crippen molar-refractivity contribution in [3.8, 4) is 0 Å². The van der Waals surface area contributed by atoms with Crippen LogP contribution in [0.4, 0.5) is 0 Å². The van der Waals surface area contributed by atoms with Gasteiger partial charge < -0.3 is 10.6 Å². The van der Waals surface area contributed by atoms with Crippen LogP contribution in [0.25, 0.3) is 0 Å². The fourth-order valence-corrected chi connectivity index (χ4v) is 1.35. The lowest BCUT2D eigenvalue weighted by atomic mass is 10.2. The molecule has 0 aromatic carbocycles. The van der Waals surface area contributed by atoms with Crippen molar-refractivity contribution in [1.82, 2.24) is 26.0 Å². The first-order valence-corrected chi connectivity index (χ1v) is 4.23. The molecule has 0 spiro atoms. The van der Waals surface area contributed by atoms with Crippen LogP contribution >= 0.6 is 0 Å². The molecule has 1 aliphatic rings. The zero-order valence-electron chi connectivity index (χ0n) is 7.08. The van der Waals surface area contributed by atoms with Crippen molar-refractivity contribution in [3.63, 3.8) is 0 Å². The maximum Gasteiger partial charge on any atom is 0.273 e. The third kappa shape index (κ3) is 1.83. The van der Waals surface area contributed by atoms with Crippen LogP contribution < -0.4 is 10.6 Å². The molecule has 1 aliphatic heterocycles. The van der Waals surface area contributed by atoms with Crippen LogP contribution in [0.2, 0.25) is 0 Å². The molecule has 1 amide bonds. The molecule has 0 unspecified atom stereocenters. The molecule has 1 aromatic rings. The van der Waals surface area contributed by atoms with Crippen molar-refractivity contribution in [2.45, 2.75) is 12.5 Å². The van der Waals surface area contributed by atoms with Crippen molar-refractivity contribution < 1.29 is 4.79 Å². The van der Waals surface area contributed by atoms with E-state index in [0.717, 1.165) is 19.5 Å². The van der Waals surface area contributed by atoms with Gasteiger partial charge in [0.05, 0.1) is 6.20 Å². The van der Waals surface area contributed by atoms with Crippen LogP contribution in [-0.2, 0) is 0 Å². The monoisotopic (exact) mass is 181 g/mol. The normalized spacial score (nSPS) is 21.7. The van der Waals surface area contributed by atoms with E-state index in [0.29, 0.717) is 5.69 Å². The van der Waals surface area contributed by atoms with Gasteiger partial charge in [0.1, 0.15) is 0 Å². The molecular weight excluding hydrogens is 170 g/mol. The number of hydrogen-bond acceptors (Lipinski definition) is 4. The van der Waals surface area contributed by atoms with Gasteiger partial charge in [-0.3, -0.25) is 4.79 Å². The van der Waals surface area contributed by atoms with Gasteiger partial charge in [-0.2, -0.15) is 15.4 Å². The smallest absolute Gasteiger partial charge is 0.273 e. The summed E-state index contributed by atoms with van der Waals surface area (Å²) in [6.45, 7) is 1.80. The second-order valence-electron chi connectivity index (χ2n) is 3.02. The molecular formula is C7H11N5O. The second-order valence-corrected chi connectivity index (χ2v) is 3.02. The molecule has 2 heterocycles. The highest BCUT2D eigenvalue weighted by Crippen LogP contribution is 1.98. The summed E-state index contributed by atoms with van der Waals surface area (Å²) in [5.41, 5.74) is 0.340. The quantitative estimate of drug-likeness (QED) is 0.540. The highest BCUT2D eigenvalue weighted by atomic mass is 16.2. The first-order chi connectivity index (χ1) is 6.36. The molecule has 6 heteroatoms. The Hall–Kier alpha value is -1.43. The Morgan fingerprint density at radius 3 is 3.23 bits per heavy atom. The Kier molecular flexibility index (Phi) is 2.22. The average Bonchev–Trinajstić information content (AvgIpc) is 2.74. The Labute approximate surface area is 75.1 Å². The van der Waals surface area contributed by atoms with E-state index in [1.807, 2.05) is 0 Å². The Morgan fingerprint density at radius 2 is 2.62 bits per heavy atom. The summed E-state index contributed by atoms with van der Waals surface area (Å²) in [6.07, 6.45) is 2.39. The standard InChI is InChI=1S/C7H11N5O/c13-7(6-4-9-12-11-6)10-5-1-2-8-3-5/h4-5,8H,1-3H2,(H,10,13)(H,9,11,12)/t5-/m1/s1. The molecule has 0 saturated carbocycles. The van der Waals surface area contributed by atoms with Crippen molar-refractivity contribution in [1.29, 1.82) is 0 Å². The Morgan fingerprint density at radius 1 is 1.69 bits per heavy atom. The van der Waals surface area contributed by atoms with E-state index < -0.39 is 0 Å².